The largest absolute Gasteiger partial charge is 0.494 e. The predicted octanol–water partition coefficient (Wildman–Crippen LogP) is 7.08. The lowest BCUT2D eigenvalue weighted by atomic mass is 10.0. The van der Waals surface area contributed by atoms with E-state index in [0.717, 1.165) is 53.0 Å². The molecule has 0 radical (unpaired) electrons. The smallest absolute Gasteiger partial charge is 0.471 e. The summed E-state index contributed by atoms with van der Waals surface area (Å²) in [6.07, 6.45) is -3.01. The minimum absolute atomic E-state index is 0.0393. The van der Waals surface area contributed by atoms with E-state index in [9.17, 15) is 18.0 Å². The molecule has 0 saturated carbocycles. The zero-order chi connectivity index (χ0) is 32.0. The van der Waals surface area contributed by atoms with Crippen LogP contribution in [-0.2, 0) is 11.3 Å². The highest BCUT2D eigenvalue weighted by molar-refractivity contribution is 7.14. The summed E-state index contributed by atoms with van der Waals surface area (Å²) in [6.45, 7) is 6.18. The second-order valence-electron chi connectivity index (χ2n) is 11.6. The highest BCUT2D eigenvalue weighted by Gasteiger charge is 2.44. The number of likely N-dealkylation sites (tertiary alicyclic amines) is 1. The molecule has 0 aliphatic carbocycles. The van der Waals surface area contributed by atoms with E-state index in [1.807, 2.05) is 30.3 Å². The van der Waals surface area contributed by atoms with Crippen molar-refractivity contribution in [2.75, 3.05) is 64.4 Å². The van der Waals surface area contributed by atoms with Crippen molar-refractivity contribution in [2.24, 2.45) is 0 Å². The number of hydrogen-bond donors (Lipinski definition) is 0. The second-order valence-corrected chi connectivity index (χ2v) is 13.3. The molecule has 5 rings (SSSR count). The fraction of sp³-hybridized carbons (Fsp3) is 0.500. The van der Waals surface area contributed by atoms with E-state index in [1.54, 1.807) is 23.5 Å². The van der Waals surface area contributed by atoms with E-state index < -0.39 is 18.1 Å². The summed E-state index contributed by atoms with van der Waals surface area (Å²) < 4.78 is 46.3. The van der Waals surface area contributed by atoms with Gasteiger partial charge in [-0.2, -0.15) is 13.2 Å². The van der Waals surface area contributed by atoms with Gasteiger partial charge in [-0.15, -0.1) is 11.3 Å². The van der Waals surface area contributed by atoms with Gasteiger partial charge in [-0.05, 0) is 74.7 Å². The molecule has 7 nitrogen and oxygen atoms in total. The fourth-order valence-electron chi connectivity index (χ4n) is 5.73. The first-order valence-corrected chi connectivity index (χ1v) is 16.9. The lowest BCUT2D eigenvalue weighted by Gasteiger charge is -2.39. The van der Waals surface area contributed by atoms with Gasteiger partial charge >= 0.3 is 12.1 Å². The van der Waals surface area contributed by atoms with Gasteiger partial charge in [0.2, 0.25) is 0 Å². The van der Waals surface area contributed by atoms with Crippen LogP contribution in [0.15, 0.2) is 47.8 Å². The Hall–Kier alpha value is -2.57. The number of thiazole rings is 1. The van der Waals surface area contributed by atoms with E-state index in [2.05, 4.69) is 27.1 Å². The molecule has 45 heavy (non-hydrogen) atoms. The Balaban J connectivity index is 1.07. The van der Waals surface area contributed by atoms with Crippen LogP contribution in [-0.4, -0.2) is 97.3 Å². The molecule has 2 aliphatic rings. The predicted molar refractivity (Wildman–Crippen MR) is 175 cm³/mol. The lowest BCUT2D eigenvalue weighted by Crippen LogP contribution is -2.51. The number of benzene rings is 2. The minimum atomic E-state index is -4.90. The van der Waals surface area contributed by atoms with Crippen molar-refractivity contribution in [1.29, 1.82) is 0 Å². The molecule has 0 unspecified atom stereocenters. The highest BCUT2D eigenvalue weighted by Crippen LogP contribution is 2.30. The Morgan fingerprint density at radius 1 is 1.00 bits per heavy atom. The lowest BCUT2D eigenvalue weighted by molar-refractivity contribution is -0.188. The SMILES string of the molecule is CN1CCN(c2nc(-c3ccc(OCCCCN(C(=O)C(F)(F)F)C4CCN(Cc5ccc(Cl)c(Cl)c5)CC4)cc3)cs2)CC1. The molecule has 2 aliphatic heterocycles. The number of rotatable bonds is 11. The number of aromatic nitrogens is 1. The first kappa shape index (κ1) is 33.8. The normalized spacial score (nSPS) is 17.1. The summed E-state index contributed by atoms with van der Waals surface area (Å²) in [5, 5.41) is 4.05. The minimum Gasteiger partial charge on any atom is -0.494 e. The van der Waals surface area contributed by atoms with Crippen molar-refractivity contribution < 1.29 is 22.7 Å². The number of piperidine rings is 1. The first-order chi connectivity index (χ1) is 21.6. The topological polar surface area (TPSA) is 52.2 Å². The monoisotopic (exact) mass is 683 g/mol. The van der Waals surface area contributed by atoms with Gasteiger partial charge in [0.15, 0.2) is 5.13 Å². The molecule has 2 aromatic carbocycles. The Kier molecular flexibility index (Phi) is 11.5. The van der Waals surface area contributed by atoms with Gasteiger partial charge in [0.05, 0.1) is 22.3 Å². The van der Waals surface area contributed by atoms with Crippen molar-refractivity contribution >= 4 is 45.6 Å². The molecule has 3 aromatic rings. The molecular formula is C32H38Cl2F3N5O2S. The Labute approximate surface area is 276 Å². The molecule has 0 atom stereocenters. The number of alkyl halides is 3. The average Bonchev–Trinajstić information content (AvgIpc) is 3.52. The number of halogens is 5. The van der Waals surface area contributed by atoms with Gasteiger partial charge in [0, 0.05) is 69.3 Å². The van der Waals surface area contributed by atoms with E-state index in [-0.39, 0.29) is 6.54 Å². The number of carbonyl (C=O) groups excluding carboxylic acids is 1. The molecule has 2 fully saturated rings. The Bertz CT molecular complexity index is 1410. The van der Waals surface area contributed by atoms with Crippen molar-refractivity contribution in [2.45, 2.75) is 44.4 Å². The Morgan fingerprint density at radius 2 is 1.71 bits per heavy atom. The zero-order valence-electron chi connectivity index (χ0n) is 25.2. The van der Waals surface area contributed by atoms with E-state index >= 15 is 0 Å². The average molecular weight is 685 g/mol. The summed E-state index contributed by atoms with van der Waals surface area (Å²) in [7, 11) is 2.13. The van der Waals surface area contributed by atoms with Gasteiger partial charge in [0.1, 0.15) is 5.75 Å². The summed E-state index contributed by atoms with van der Waals surface area (Å²) in [4.78, 5) is 25.0. The number of carbonyl (C=O) groups is 1. The molecular weight excluding hydrogens is 646 g/mol. The van der Waals surface area contributed by atoms with E-state index in [1.165, 1.54) is 0 Å². The van der Waals surface area contributed by atoms with Crippen LogP contribution in [0, 0.1) is 0 Å². The van der Waals surface area contributed by atoms with Gasteiger partial charge in [-0.1, -0.05) is 29.3 Å². The number of anilines is 1. The molecule has 244 valence electrons. The standard InChI is InChI=1S/C32H38Cl2F3N5O2S/c1-39-15-17-41(18-16-39)31-38-29(22-45-31)24-5-7-26(8-6-24)44-19-3-2-12-42(30(43)32(35,36)37)25-10-13-40(14-11-25)21-23-4-9-27(33)28(34)20-23/h4-9,20,22,25H,2-3,10-19,21H2,1H3. The quantitative estimate of drug-likeness (QED) is 0.201. The Morgan fingerprint density at radius 3 is 2.38 bits per heavy atom. The van der Waals surface area contributed by atoms with Crippen molar-refractivity contribution in [3.8, 4) is 17.0 Å². The van der Waals surface area contributed by atoms with E-state index in [0.29, 0.717) is 67.7 Å². The van der Waals surface area contributed by atoms with Crippen LogP contribution in [0.25, 0.3) is 11.3 Å². The third-order valence-electron chi connectivity index (χ3n) is 8.37. The highest BCUT2D eigenvalue weighted by atomic mass is 35.5. The maximum Gasteiger partial charge on any atom is 0.471 e. The van der Waals surface area contributed by atoms with Crippen LogP contribution in [0.3, 0.4) is 0 Å². The van der Waals surface area contributed by atoms with Crippen LogP contribution in [0.5, 0.6) is 5.75 Å². The third kappa shape index (κ3) is 9.25. The van der Waals surface area contributed by atoms with Crippen LogP contribution < -0.4 is 9.64 Å². The number of unbranched alkanes of at least 4 members (excludes halogenated alkanes) is 1. The van der Waals surface area contributed by atoms with Gasteiger partial charge in [0.25, 0.3) is 0 Å². The summed E-state index contributed by atoms with van der Waals surface area (Å²) in [6, 6.07) is 12.7. The maximum atomic E-state index is 13.5. The van der Waals surface area contributed by atoms with Gasteiger partial charge < -0.3 is 19.4 Å². The molecule has 0 bridgehead atoms. The van der Waals surface area contributed by atoms with Crippen LogP contribution in [0.2, 0.25) is 10.0 Å². The van der Waals surface area contributed by atoms with Gasteiger partial charge in [-0.25, -0.2) is 4.98 Å². The number of piperazine rings is 1. The van der Waals surface area contributed by atoms with Crippen molar-refractivity contribution in [3.05, 3.63) is 63.5 Å². The molecule has 1 aromatic heterocycles. The molecule has 0 N–H and O–H groups in total. The molecule has 3 heterocycles. The molecule has 1 amide bonds. The number of ether oxygens (including phenoxy) is 1. The van der Waals surface area contributed by atoms with Gasteiger partial charge in [-0.3, -0.25) is 9.69 Å². The van der Waals surface area contributed by atoms with E-state index in [4.69, 9.17) is 32.9 Å². The number of nitrogens with zero attached hydrogens (tertiary/aromatic N) is 5. The third-order valence-corrected chi connectivity index (χ3v) is 10.0. The van der Waals surface area contributed by atoms with Crippen molar-refractivity contribution in [1.82, 2.24) is 19.7 Å². The number of amides is 1. The molecule has 13 heteroatoms. The summed E-state index contributed by atoms with van der Waals surface area (Å²) >= 11 is 13.8. The molecule has 0 spiro atoms. The molecule has 2 saturated heterocycles. The number of hydrogen-bond acceptors (Lipinski definition) is 7. The summed E-state index contributed by atoms with van der Waals surface area (Å²) in [5.41, 5.74) is 2.91. The fourth-order valence-corrected chi connectivity index (χ4v) is 6.94. The van der Waals surface area contributed by atoms with Crippen LogP contribution in [0.4, 0.5) is 18.3 Å². The van der Waals surface area contributed by atoms with Crippen LogP contribution in [0.1, 0.15) is 31.2 Å². The van der Waals surface area contributed by atoms with Crippen molar-refractivity contribution in [3.63, 3.8) is 0 Å². The summed E-state index contributed by atoms with van der Waals surface area (Å²) in [5.74, 6) is -1.08. The number of likely N-dealkylation sites (N-methyl/N-ethyl adjacent to an activating group) is 1. The second kappa shape index (κ2) is 15.3. The zero-order valence-corrected chi connectivity index (χ0v) is 27.6. The first-order valence-electron chi connectivity index (χ1n) is 15.2. The maximum absolute atomic E-state index is 13.5. The van der Waals surface area contributed by atoms with Crippen LogP contribution >= 0.6 is 34.5 Å².